The summed E-state index contributed by atoms with van der Waals surface area (Å²) in [6.07, 6.45) is 1.35. The van der Waals surface area contributed by atoms with Gasteiger partial charge in [0.05, 0.1) is 6.61 Å². The minimum atomic E-state index is -0.439. The fourth-order valence-corrected chi connectivity index (χ4v) is 1.81. The van der Waals surface area contributed by atoms with Crippen molar-refractivity contribution >= 4 is 12.0 Å². The molecule has 0 aliphatic carbocycles. The molecule has 1 N–H and O–H groups in total. The number of esters is 1. The zero-order valence-electron chi connectivity index (χ0n) is 10.1. The molecule has 1 aliphatic rings. The van der Waals surface area contributed by atoms with Gasteiger partial charge >= 0.3 is 5.97 Å². The van der Waals surface area contributed by atoms with Crippen LogP contribution in [-0.2, 0) is 4.74 Å². The lowest BCUT2D eigenvalue weighted by atomic mass is 10.2. The first-order valence-electron chi connectivity index (χ1n) is 5.81. The van der Waals surface area contributed by atoms with Crippen LogP contribution in [-0.4, -0.2) is 43.2 Å². The third-order valence-electron chi connectivity index (χ3n) is 2.62. The van der Waals surface area contributed by atoms with E-state index >= 15 is 0 Å². The van der Waals surface area contributed by atoms with Gasteiger partial charge < -0.3 is 19.4 Å². The molecule has 94 valence electrons. The third kappa shape index (κ3) is 2.76. The number of anilines is 1. The van der Waals surface area contributed by atoms with Crippen molar-refractivity contribution in [3.05, 3.63) is 12.0 Å². The summed E-state index contributed by atoms with van der Waals surface area (Å²) >= 11 is 0. The van der Waals surface area contributed by atoms with Gasteiger partial charge in [0.25, 0.3) is 6.01 Å². The first-order chi connectivity index (χ1) is 8.20. The molecule has 1 atom stereocenters. The van der Waals surface area contributed by atoms with Gasteiger partial charge in [-0.3, -0.25) is 0 Å². The van der Waals surface area contributed by atoms with Gasteiger partial charge in [0.1, 0.15) is 6.26 Å². The van der Waals surface area contributed by atoms with E-state index in [1.165, 1.54) is 6.26 Å². The monoisotopic (exact) mass is 239 g/mol. The van der Waals surface area contributed by atoms with Crippen LogP contribution < -0.4 is 10.2 Å². The summed E-state index contributed by atoms with van der Waals surface area (Å²) in [6.45, 7) is 6.73. The van der Waals surface area contributed by atoms with Crippen molar-refractivity contribution in [1.82, 2.24) is 10.3 Å². The maximum absolute atomic E-state index is 11.4. The maximum Gasteiger partial charge on any atom is 0.360 e. The molecule has 1 aromatic heterocycles. The highest BCUT2D eigenvalue weighted by Crippen LogP contribution is 2.15. The molecule has 1 fully saturated rings. The van der Waals surface area contributed by atoms with E-state index < -0.39 is 5.97 Å². The highest BCUT2D eigenvalue weighted by Gasteiger charge is 2.21. The Bertz CT molecular complexity index is 391. The van der Waals surface area contributed by atoms with Crippen molar-refractivity contribution in [2.24, 2.45) is 0 Å². The lowest BCUT2D eigenvalue weighted by molar-refractivity contribution is 0.0519. The molecule has 17 heavy (non-hydrogen) atoms. The molecule has 0 aromatic carbocycles. The normalized spacial score (nSPS) is 20.4. The number of piperazine rings is 1. The van der Waals surface area contributed by atoms with Gasteiger partial charge in [-0.05, 0) is 13.8 Å². The predicted octanol–water partition coefficient (Wildman–Crippen LogP) is 0.649. The molecule has 1 aliphatic heterocycles. The summed E-state index contributed by atoms with van der Waals surface area (Å²) in [7, 11) is 0. The van der Waals surface area contributed by atoms with Crippen LogP contribution in [0.25, 0.3) is 0 Å². The molecule has 0 saturated carbocycles. The number of oxazole rings is 1. The number of nitrogens with zero attached hydrogens (tertiary/aromatic N) is 2. The van der Waals surface area contributed by atoms with Crippen LogP contribution in [0.1, 0.15) is 24.3 Å². The average Bonchev–Trinajstić information content (AvgIpc) is 2.78. The van der Waals surface area contributed by atoms with Gasteiger partial charge in [-0.1, -0.05) is 0 Å². The van der Waals surface area contributed by atoms with Crippen LogP contribution >= 0.6 is 0 Å². The van der Waals surface area contributed by atoms with Gasteiger partial charge in [-0.2, -0.15) is 4.98 Å². The van der Waals surface area contributed by atoms with Crippen molar-refractivity contribution in [3.8, 4) is 0 Å². The van der Waals surface area contributed by atoms with Gasteiger partial charge in [0.2, 0.25) is 0 Å². The zero-order valence-corrected chi connectivity index (χ0v) is 10.1. The minimum absolute atomic E-state index is 0.230. The van der Waals surface area contributed by atoms with E-state index in [1.54, 1.807) is 6.92 Å². The molecule has 2 heterocycles. The molecule has 6 nitrogen and oxygen atoms in total. The second-order valence-electron chi connectivity index (χ2n) is 4.04. The summed E-state index contributed by atoms with van der Waals surface area (Å²) in [5, 5.41) is 3.33. The van der Waals surface area contributed by atoms with Crippen molar-refractivity contribution < 1.29 is 13.9 Å². The Kier molecular flexibility index (Phi) is 3.63. The molecule has 2 rings (SSSR count). The molecular weight excluding hydrogens is 222 g/mol. The van der Waals surface area contributed by atoms with E-state index in [4.69, 9.17) is 9.15 Å². The van der Waals surface area contributed by atoms with Gasteiger partial charge in [0, 0.05) is 25.7 Å². The second kappa shape index (κ2) is 5.18. The second-order valence-corrected chi connectivity index (χ2v) is 4.04. The molecule has 1 saturated heterocycles. The summed E-state index contributed by atoms with van der Waals surface area (Å²) < 4.78 is 10.2. The lowest BCUT2D eigenvalue weighted by Gasteiger charge is -2.30. The molecule has 1 aromatic rings. The largest absolute Gasteiger partial charge is 0.461 e. The smallest absolute Gasteiger partial charge is 0.360 e. The van der Waals surface area contributed by atoms with E-state index in [1.807, 2.05) is 4.90 Å². The molecule has 0 unspecified atom stereocenters. The first-order valence-corrected chi connectivity index (χ1v) is 5.81. The fourth-order valence-electron chi connectivity index (χ4n) is 1.81. The van der Waals surface area contributed by atoms with Crippen LogP contribution in [0.3, 0.4) is 0 Å². The SMILES string of the molecule is CCOC(=O)c1coc(N2CCN[C@@H](C)C2)n1. The highest BCUT2D eigenvalue weighted by atomic mass is 16.5. The summed E-state index contributed by atoms with van der Waals surface area (Å²) in [5.74, 6) is -0.439. The number of nitrogens with one attached hydrogen (secondary N) is 1. The summed E-state index contributed by atoms with van der Waals surface area (Å²) in [4.78, 5) is 17.6. The summed E-state index contributed by atoms with van der Waals surface area (Å²) in [6, 6.07) is 0.878. The van der Waals surface area contributed by atoms with Gasteiger partial charge in [-0.25, -0.2) is 4.79 Å². The van der Waals surface area contributed by atoms with E-state index in [-0.39, 0.29) is 5.69 Å². The van der Waals surface area contributed by atoms with Gasteiger partial charge in [-0.15, -0.1) is 0 Å². The van der Waals surface area contributed by atoms with Crippen molar-refractivity contribution in [2.75, 3.05) is 31.1 Å². The number of hydrogen-bond acceptors (Lipinski definition) is 6. The molecule has 0 bridgehead atoms. The van der Waals surface area contributed by atoms with E-state index in [0.29, 0.717) is 18.7 Å². The Balaban J connectivity index is 2.04. The van der Waals surface area contributed by atoms with E-state index in [0.717, 1.165) is 19.6 Å². The average molecular weight is 239 g/mol. The number of carbonyl (C=O) groups is 1. The Hall–Kier alpha value is -1.56. The van der Waals surface area contributed by atoms with Crippen LogP contribution in [0, 0.1) is 0 Å². The zero-order chi connectivity index (χ0) is 12.3. The quantitative estimate of drug-likeness (QED) is 0.781. The number of aromatic nitrogens is 1. The minimum Gasteiger partial charge on any atom is -0.461 e. The third-order valence-corrected chi connectivity index (χ3v) is 2.62. The van der Waals surface area contributed by atoms with E-state index in [2.05, 4.69) is 17.2 Å². The molecule has 6 heteroatoms. The standard InChI is InChI=1S/C11H17N3O3/c1-3-16-10(15)9-7-17-11(13-9)14-5-4-12-8(2)6-14/h7-8,12H,3-6H2,1-2H3/t8-/m0/s1. The number of rotatable bonds is 3. The Morgan fingerprint density at radius 1 is 1.76 bits per heavy atom. The molecule has 0 spiro atoms. The maximum atomic E-state index is 11.4. The number of hydrogen-bond donors (Lipinski definition) is 1. The molecule has 0 radical (unpaired) electrons. The Morgan fingerprint density at radius 2 is 2.59 bits per heavy atom. The van der Waals surface area contributed by atoms with Crippen molar-refractivity contribution in [2.45, 2.75) is 19.9 Å². The van der Waals surface area contributed by atoms with Crippen LogP contribution in [0.15, 0.2) is 10.7 Å². The Labute approximate surface area is 99.9 Å². The van der Waals surface area contributed by atoms with Crippen LogP contribution in [0.4, 0.5) is 6.01 Å². The summed E-state index contributed by atoms with van der Waals surface area (Å²) in [5.41, 5.74) is 0.230. The first kappa shape index (κ1) is 11.9. The van der Waals surface area contributed by atoms with E-state index in [9.17, 15) is 4.79 Å². The molecule has 0 amide bonds. The predicted molar refractivity (Wildman–Crippen MR) is 62.1 cm³/mol. The number of carbonyl (C=O) groups excluding carboxylic acids is 1. The highest BCUT2D eigenvalue weighted by molar-refractivity contribution is 5.87. The molecular formula is C11H17N3O3. The van der Waals surface area contributed by atoms with Gasteiger partial charge in [0.15, 0.2) is 5.69 Å². The van der Waals surface area contributed by atoms with Crippen LogP contribution in [0.5, 0.6) is 0 Å². The van der Waals surface area contributed by atoms with Crippen LogP contribution in [0.2, 0.25) is 0 Å². The number of ether oxygens (including phenoxy) is 1. The Morgan fingerprint density at radius 3 is 3.29 bits per heavy atom. The van der Waals surface area contributed by atoms with Crippen molar-refractivity contribution in [3.63, 3.8) is 0 Å². The fraction of sp³-hybridized carbons (Fsp3) is 0.636. The van der Waals surface area contributed by atoms with Crippen molar-refractivity contribution in [1.29, 1.82) is 0 Å². The topological polar surface area (TPSA) is 67.6 Å². The lowest BCUT2D eigenvalue weighted by Crippen LogP contribution is -2.49.